The van der Waals surface area contributed by atoms with E-state index in [4.69, 9.17) is 13.7 Å². The molecule has 7 heteroatoms. The molecule has 0 saturated carbocycles. The largest absolute Gasteiger partial charge is 0.484 e. The Balaban J connectivity index is 1.55. The second kappa shape index (κ2) is 7.63. The number of benzene rings is 2. The second-order valence-electron chi connectivity index (χ2n) is 6.55. The third-order valence-corrected chi connectivity index (χ3v) is 4.37. The summed E-state index contributed by atoms with van der Waals surface area (Å²) < 4.78 is 16.3. The minimum Gasteiger partial charge on any atom is -0.484 e. The summed E-state index contributed by atoms with van der Waals surface area (Å²) in [5, 5.41) is 6.71. The number of hydrogen-bond donors (Lipinski definition) is 1. The molecule has 0 aliphatic carbocycles. The highest BCUT2D eigenvalue weighted by molar-refractivity contribution is 5.91. The van der Waals surface area contributed by atoms with Gasteiger partial charge in [0, 0.05) is 12.1 Å². The minimum absolute atomic E-state index is 0.111. The summed E-state index contributed by atoms with van der Waals surface area (Å²) in [6.45, 7) is 3.26. The first kappa shape index (κ1) is 18.5. The van der Waals surface area contributed by atoms with Gasteiger partial charge in [-0.2, -0.15) is 0 Å². The lowest BCUT2D eigenvalue weighted by atomic mass is 10.0. The maximum Gasteiger partial charge on any atom is 0.263 e. The Morgan fingerprint density at radius 2 is 1.90 bits per heavy atom. The fraction of sp³-hybridized carbons (Fsp3) is 0.136. The third-order valence-electron chi connectivity index (χ3n) is 4.37. The number of fused-ring (bicyclic) bond motifs is 1. The first-order valence-corrected chi connectivity index (χ1v) is 9.00. The van der Waals surface area contributed by atoms with Gasteiger partial charge >= 0.3 is 0 Å². The number of carbonyl (C=O) groups excluding carboxylic acids is 1. The molecule has 0 aliphatic rings. The van der Waals surface area contributed by atoms with E-state index in [0.29, 0.717) is 39.6 Å². The standard InChI is InChI=1S/C22H18N2O5/c1-13-10-19(24-29-13)23-20(25)12-27-16-8-9-17-18(11-16)28-14(2)21(22(17)26)15-6-4-3-5-7-15/h3-11H,12H2,1-2H3,(H,23,24,25). The Morgan fingerprint density at radius 3 is 2.62 bits per heavy atom. The average molecular weight is 390 g/mol. The van der Waals surface area contributed by atoms with Crippen molar-refractivity contribution in [2.75, 3.05) is 11.9 Å². The van der Waals surface area contributed by atoms with Crippen LogP contribution in [-0.2, 0) is 4.79 Å². The van der Waals surface area contributed by atoms with E-state index in [1.54, 1.807) is 38.1 Å². The maximum atomic E-state index is 13.0. The molecule has 0 aliphatic heterocycles. The Bertz CT molecular complexity index is 1240. The second-order valence-corrected chi connectivity index (χ2v) is 6.55. The van der Waals surface area contributed by atoms with Gasteiger partial charge in [-0.05, 0) is 31.5 Å². The summed E-state index contributed by atoms with van der Waals surface area (Å²) in [7, 11) is 0. The zero-order valence-electron chi connectivity index (χ0n) is 15.9. The fourth-order valence-corrected chi connectivity index (χ4v) is 3.07. The smallest absolute Gasteiger partial charge is 0.263 e. The van der Waals surface area contributed by atoms with Crippen LogP contribution in [0.2, 0.25) is 0 Å². The lowest BCUT2D eigenvalue weighted by molar-refractivity contribution is -0.118. The van der Waals surface area contributed by atoms with E-state index >= 15 is 0 Å². The molecule has 0 bridgehead atoms. The predicted octanol–water partition coefficient (Wildman–Crippen LogP) is 4.08. The number of anilines is 1. The molecule has 4 rings (SSSR count). The van der Waals surface area contributed by atoms with Crippen LogP contribution in [0.3, 0.4) is 0 Å². The molecule has 7 nitrogen and oxygen atoms in total. The summed E-state index contributed by atoms with van der Waals surface area (Å²) >= 11 is 0. The molecule has 4 aromatic rings. The van der Waals surface area contributed by atoms with Crippen molar-refractivity contribution >= 4 is 22.7 Å². The van der Waals surface area contributed by atoms with E-state index in [2.05, 4.69) is 10.5 Å². The number of aryl methyl sites for hydroxylation is 2. The van der Waals surface area contributed by atoms with Crippen molar-refractivity contribution in [3.63, 3.8) is 0 Å². The van der Waals surface area contributed by atoms with E-state index in [1.807, 2.05) is 30.3 Å². The van der Waals surface area contributed by atoms with E-state index in [1.165, 1.54) is 0 Å². The minimum atomic E-state index is -0.379. The van der Waals surface area contributed by atoms with Gasteiger partial charge in [0.05, 0.1) is 10.9 Å². The van der Waals surface area contributed by atoms with Crippen LogP contribution < -0.4 is 15.5 Å². The quantitative estimate of drug-likeness (QED) is 0.552. The number of nitrogens with one attached hydrogen (secondary N) is 1. The summed E-state index contributed by atoms with van der Waals surface area (Å²) in [6, 6.07) is 15.9. The SMILES string of the molecule is Cc1cc(NC(=O)COc2ccc3c(=O)c(-c4ccccc4)c(C)oc3c2)no1. The van der Waals surface area contributed by atoms with E-state index < -0.39 is 0 Å². The molecule has 1 amide bonds. The Hall–Kier alpha value is -3.87. The number of hydrogen-bond acceptors (Lipinski definition) is 6. The van der Waals surface area contributed by atoms with Crippen LogP contribution in [0.25, 0.3) is 22.1 Å². The van der Waals surface area contributed by atoms with Crippen molar-refractivity contribution < 1.29 is 18.5 Å². The average Bonchev–Trinajstić information content (AvgIpc) is 3.11. The monoisotopic (exact) mass is 390 g/mol. The van der Waals surface area contributed by atoms with E-state index in [9.17, 15) is 9.59 Å². The molecular weight excluding hydrogens is 372 g/mol. The molecular formula is C22H18N2O5. The molecule has 0 fully saturated rings. The summed E-state index contributed by atoms with van der Waals surface area (Å²) in [4.78, 5) is 24.9. The lowest BCUT2D eigenvalue weighted by Crippen LogP contribution is -2.20. The van der Waals surface area contributed by atoms with Crippen LogP contribution in [0.4, 0.5) is 5.82 Å². The number of carbonyl (C=O) groups is 1. The highest BCUT2D eigenvalue weighted by atomic mass is 16.5. The van der Waals surface area contributed by atoms with Gasteiger partial charge in [0.1, 0.15) is 22.9 Å². The first-order valence-electron chi connectivity index (χ1n) is 9.00. The maximum absolute atomic E-state index is 13.0. The number of amides is 1. The number of aromatic nitrogens is 1. The Kier molecular flexibility index (Phi) is 4.87. The van der Waals surface area contributed by atoms with Gasteiger partial charge in [-0.25, -0.2) is 0 Å². The molecule has 0 unspecified atom stereocenters. The summed E-state index contributed by atoms with van der Waals surface area (Å²) in [5.74, 6) is 1.47. The molecule has 2 aromatic carbocycles. The van der Waals surface area contributed by atoms with Gasteiger partial charge in [-0.3, -0.25) is 9.59 Å². The molecule has 0 spiro atoms. The topological polar surface area (TPSA) is 94.6 Å². The van der Waals surface area contributed by atoms with Crippen LogP contribution in [0.5, 0.6) is 5.75 Å². The van der Waals surface area contributed by atoms with Crippen LogP contribution in [0, 0.1) is 13.8 Å². The number of rotatable bonds is 5. The predicted molar refractivity (Wildman–Crippen MR) is 108 cm³/mol. The van der Waals surface area contributed by atoms with Crippen molar-refractivity contribution in [3.8, 4) is 16.9 Å². The van der Waals surface area contributed by atoms with Gasteiger partial charge in [-0.15, -0.1) is 0 Å². The highest BCUT2D eigenvalue weighted by Gasteiger charge is 2.14. The van der Waals surface area contributed by atoms with Crippen molar-refractivity contribution in [1.29, 1.82) is 0 Å². The van der Waals surface area contributed by atoms with Gasteiger partial charge < -0.3 is 19.0 Å². The third kappa shape index (κ3) is 3.89. The Morgan fingerprint density at radius 1 is 1.10 bits per heavy atom. The number of ether oxygens (including phenoxy) is 1. The lowest BCUT2D eigenvalue weighted by Gasteiger charge is -2.09. The van der Waals surface area contributed by atoms with Gasteiger partial charge in [0.25, 0.3) is 5.91 Å². The van der Waals surface area contributed by atoms with Crippen LogP contribution in [-0.4, -0.2) is 17.7 Å². The zero-order chi connectivity index (χ0) is 20.4. The summed E-state index contributed by atoms with van der Waals surface area (Å²) in [5.41, 5.74) is 1.63. The molecule has 0 radical (unpaired) electrons. The molecule has 146 valence electrons. The van der Waals surface area contributed by atoms with Crippen molar-refractivity contribution in [1.82, 2.24) is 5.16 Å². The first-order chi connectivity index (χ1) is 14.0. The fourth-order valence-electron chi connectivity index (χ4n) is 3.07. The van der Waals surface area contributed by atoms with Crippen molar-refractivity contribution in [3.05, 3.63) is 76.3 Å². The van der Waals surface area contributed by atoms with Crippen LogP contribution in [0.1, 0.15) is 11.5 Å². The van der Waals surface area contributed by atoms with Crippen molar-refractivity contribution in [2.24, 2.45) is 0 Å². The molecule has 0 atom stereocenters. The summed E-state index contributed by atoms with van der Waals surface area (Å²) in [6.07, 6.45) is 0. The van der Waals surface area contributed by atoms with Gasteiger partial charge in [0.2, 0.25) is 5.43 Å². The molecule has 2 heterocycles. The highest BCUT2D eigenvalue weighted by Crippen LogP contribution is 2.26. The van der Waals surface area contributed by atoms with Gasteiger partial charge in [-0.1, -0.05) is 35.5 Å². The van der Waals surface area contributed by atoms with Crippen molar-refractivity contribution in [2.45, 2.75) is 13.8 Å². The van der Waals surface area contributed by atoms with Crippen LogP contribution >= 0.6 is 0 Å². The number of nitrogens with zero attached hydrogens (tertiary/aromatic N) is 1. The normalized spacial score (nSPS) is 10.8. The van der Waals surface area contributed by atoms with E-state index in [0.717, 1.165) is 5.56 Å². The molecule has 29 heavy (non-hydrogen) atoms. The van der Waals surface area contributed by atoms with Crippen LogP contribution in [0.15, 0.2) is 68.3 Å². The van der Waals surface area contributed by atoms with E-state index in [-0.39, 0.29) is 17.9 Å². The molecule has 0 saturated heterocycles. The molecule has 1 N–H and O–H groups in total. The van der Waals surface area contributed by atoms with Gasteiger partial charge in [0.15, 0.2) is 12.4 Å². The molecule has 2 aromatic heterocycles. The Labute approximate surface area is 165 Å². The zero-order valence-corrected chi connectivity index (χ0v) is 15.9.